The summed E-state index contributed by atoms with van der Waals surface area (Å²) in [6.07, 6.45) is 6.67. The molecule has 34 heavy (non-hydrogen) atoms. The molecule has 196 valence electrons. The first-order valence-electron chi connectivity index (χ1n) is 12.6. The van der Waals surface area contributed by atoms with Gasteiger partial charge in [0.1, 0.15) is 7.85 Å². The number of ketones is 1. The Balaban J connectivity index is 4.15. The van der Waals surface area contributed by atoms with Crippen LogP contribution in [0.1, 0.15) is 86.0 Å². The Bertz CT molecular complexity index is 615. The number of thioether (sulfide) groups is 1. The number of amides is 2. The van der Waals surface area contributed by atoms with E-state index < -0.39 is 11.5 Å². The minimum Gasteiger partial charge on any atom is -0.385 e. The topological polar surface area (TPSA) is 87.7 Å². The monoisotopic (exact) mass is 497 g/mol. The highest BCUT2D eigenvalue weighted by Gasteiger charge is 2.24. The molecule has 0 bridgehead atoms. The third-order valence-corrected chi connectivity index (χ3v) is 6.89. The molecule has 0 spiro atoms. The number of unbranched alkanes of at least 4 members (excludes halogenated alkanes) is 3. The van der Waals surface area contributed by atoms with Crippen LogP contribution in [0.5, 0.6) is 0 Å². The van der Waals surface area contributed by atoms with Crippen molar-refractivity contribution < 1.29 is 19.1 Å². The average Bonchev–Trinajstić information content (AvgIpc) is 2.68. The zero-order valence-corrected chi connectivity index (χ0v) is 23.4. The molecule has 2 N–H and O–H groups in total. The molecule has 0 aromatic heterocycles. The summed E-state index contributed by atoms with van der Waals surface area (Å²) < 4.78 is 5.96. The Kier molecular flexibility index (Phi) is 16.8. The molecule has 0 saturated carbocycles. The third kappa shape index (κ3) is 18.3. The number of nitrogens with zero attached hydrogens (tertiary/aromatic N) is 1. The van der Waals surface area contributed by atoms with Crippen molar-refractivity contribution >= 4 is 37.2 Å². The van der Waals surface area contributed by atoms with Crippen molar-refractivity contribution in [1.29, 1.82) is 0 Å². The summed E-state index contributed by atoms with van der Waals surface area (Å²) in [5.41, 5.74) is -1.01. The molecule has 9 heteroatoms. The quantitative estimate of drug-likeness (QED) is 0.198. The van der Waals surface area contributed by atoms with Crippen LogP contribution in [0.4, 0.5) is 0 Å². The minimum atomic E-state index is -1.01. The first-order valence-corrected chi connectivity index (χ1v) is 13.5. The van der Waals surface area contributed by atoms with Gasteiger partial charge in [0.25, 0.3) is 0 Å². The molecule has 7 nitrogen and oxygen atoms in total. The predicted molar refractivity (Wildman–Crippen MR) is 143 cm³/mol. The van der Waals surface area contributed by atoms with Crippen molar-refractivity contribution in [3.8, 4) is 0 Å². The number of hydrogen-bond acceptors (Lipinski definition) is 6. The van der Waals surface area contributed by atoms with Gasteiger partial charge in [-0.15, -0.1) is 0 Å². The summed E-state index contributed by atoms with van der Waals surface area (Å²) in [5, 5.41) is 5.65. The van der Waals surface area contributed by atoms with Gasteiger partial charge in [-0.25, -0.2) is 0 Å². The van der Waals surface area contributed by atoms with Crippen LogP contribution in [-0.2, 0) is 19.1 Å². The Morgan fingerprint density at radius 1 is 1.06 bits per heavy atom. The molecule has 0 rings (SSSR count). The second-order valence-corrected chi connectivity index (χ2v) is 12.0. The summed E-state index contributed by atoms with van der Waals surface area (Å²) in [6.45, 7) is 11.1. The fourth-order valence-electron chi connectivity index (χ4n) is 3.34. The lowest BCUT2D eigenvalue weighted by Crippen LogP contribution is -2.43. The molecule has 2 unspecified atom stereocenters. The van der Waals surface area contributed by atoms with E-state index in [0.29, 0.717) is 32.4 Å². The van der Waals surface area contributed by atoms with E-state index in [-0.39, 0.29) is 35.3 Å². The number of hydrogen-bond donors (Lipinski definition) is 2. The van der Waals surface area contributed by atoms with Gasteiger partial charge < -0.3 is 20.3 Å². The molecule has 0 heterocycles. The second kappa shape index (κ2) is 17.4. The smallest absolute Gasteiger partial charge is 0.234 e. The zero-order valence-electron chi connectivity index (χ0n) is 22.6. The van der Waals surface area contributed by atoms with Gasteiger partial charge in [0.2, 0.25) is 11.8 Å². The molecular weight excluding hydrogens is 449 g/mol. The SMILES string of the molecule is [B]C(C)(CC(=O)NCCCCC(NC(=O)CN(C)C)C(C)=O)OCCC(C)(C)SCCCCC. The van der Waals surface area contributed by atoms with Crippen molar-refractivity contribution in [3.63, 3.8) is 0 Å². The second-order valence-electron chi connectivity index (χ2n) is 10.2. The summed E-state index contributed by atoms with van der Waals surface area (Å²) in [6, 6.07) is -0.488. The van der Waals surface area contributed by atoms with E-state index >= 15 is 0 Å². The Morgan fingerprint density at radius 3 is 2.32 bits per heavy atom. The predicted octanol–water partition coefficient (Wildman–Crippen LogP) is 3.29. The zero-order chi connectivity index (χ0) is 26.2. The van der Waals surface area contributed by atoms with Crippen LogP contribution < -0.4 is 10.6 Å². The lowest BCUT2D eigenvalue weighted by Gasteiger charge is -2.29. The van der Waals surface area contributed by atoms with Crippen molar-refractivity contribution in [3.05, 3.63) is 0 Å². The molecule has 0 fully saturated rings. The van der Waals surface area contributed by atoms with Crippen LogP contribution in [0, 0.1) is 0 Å². The van der Waals surface area contributed by atoms with Crippen molar-refractivity contribution in [1.82, 2.24) is 15.5 Å². The maximum Gasteiger partial charge on any atom is 0.234 e. The largest absolute Gasteiger partial charge is 0.385 e. The number of ether oxygens (including phenoxy) is 1. The number of nitrogens with one attached hydrogen (secondary N) is 2. The van der Waals surface area contributed by atoms with E-state index in [1.807, 2.05) is 11.8 Å². The highest BCUT2D eigenvalue weighted by molar-refractivity contribution is 8.00. The molecular formula is C25H48BN3O4S. The van der Waals surface area contributed by atoms with Gasteiger partial charge in [0.15, 0.2) is 5.78 Å². The first kappa shape index (κ1) is 32.9. The Labute approximate surface area is 213 Å². The number of carbonyl (C=O) groups is 3. The van der Waals surface area contributed by atoms with E-state index in [2.05, 4.69) is 31.4 Å². The molecule has 0 aliphatic heterocycles. The highest BCUT2D eigenvalue weighted by atomic mass is 32.2. The standard InChI is InChI=1S/C25H48BN3O4S/c1-8-9-12-17-34-24(3,4)14-16-33-25(5,26)18-22(31)27-15-11-10-13-21(20(2)30)28-23(32)19-29(6)7/h21H,8-19H2,1-7H3,(H,27,31)(H,28,32). The van der Waals surface area contributed by atoms with E-state index in [0.717, 1.165) is 12.2 Å². The molecule has 2 amide bonds. The summed E-state index contributed by atoms with van der Waals surface area (Å²) in [5.74, 6) is 0.771. The van der Waals surface area contributed by atoms with Crippen molar-refractivity contribution in [2.75, 3.05) is 39.5 Å². The first-order chi connectivity index (χ1) is 15.8. The van der Waals surface area contributed by atoms with Crippen LogP contribution in [0.2, 0.25) is 0 Å². The molecule has 0 aromatic rings. The summed E-state index contributed by atoms with van der Waals surface area (Å²) in [4.78, 5) is 37.7. The van der Waals surface area contributed by atoms with Crippen LogP contribution in [0.25, 0.3) is 0 Å². The average molecular weight is 498 g/mol. The molecule has 0 saturated heterocycles. The van der Waals surface area contributed by atoms with Gasteiger partial charge in [-0.1, -0.05) is 33.6 Å². The number of Topliss-reactive ketones (excluding diaryl/α,β-unsaturated/α-hetero) is 1. The van der Waals surface area contributed by atoms with Crippen LogP contribution >= 0.6 is 11.8 Å². The van der Waals surface area contributed by atoms with Crippen LogP contribution in [-0.4, -0.2) is 86.2 Å². The Morgan fingerprint density at radius 2 is 1.74 bits per heavy atom. The molecule has 0 aliphatic rings. The maximum absolute atomic E-state index is 12.3. The lowest BCUT2D eigenvalue weighted by atomic mass is 9.80. The van der Waals surface area contributed by atoms with Crippen molar-refractivity contribution in [2.24, 2.45) is 0 Å². The van der Waals surface area contributed by atoms with Crippen molar-refractivity contribution in [2.45, 2.75) is 102 Å². The molecule has 2 atom stereocenters. The van der Waals surface area contributed by atoms with E-state index in [1.54, 1.807) is 25.9 Å². The fourth-order valence-corrected chi connectivity index (χ4v) is 4.47. The summed E-state index contributed by atoms with van der Waals surface area (Å²) >= 11 is 1.96. The van der Waals surface area contributed by atoms with E-state index in [1.165, 1.54) is 26.2 Å². The van der Waals surface area contributed by atoms with Gasteiger partial charge in [-0.2, -0.15) is 11.8 Å². The fraction of sp³-hybridized carbons (Fsp3) is 0.880. The molecule has 0 aromatic carbocycles. The van der Waals surface area contributed by atoms with E-state index in [4.69, 9.17) is 12.6 Å². The molecule has 0 aliphatic carbocycles. The summed E-state index contributed by atoms with van der Waals surface area (Å²) in [7, 11) is 9.81. The lowest BCUT2D eigenvalue weighted by molar-refractivity contribution is -0.127. The normalized spacial score (nSPS) is 14.5. The maximum atomic E-state index is 12.3. The minimum absolute atomic E-state index is 0.0604. The Hall–Kier alpha value is -1.06. The van der Waals surface area contributed by atoms with E-state index in [9.17, 15) is 14.4 Å². The third-order valence-electron chi connectivity index (χ3n) is 5.42. The number of likely N-dealkylation sites (N-methyl/N-ethyl adjacent to an activating group) is 1. The van der Waals surface area contributed by atoms with Gasteiger partial charge in [-0.05, 0) is 65.8 Å². The van der Waals surface area contributed by atoms with Gasteiger partial charge >= 0.3 is 0 Å². The number of carbonyl (C=O) groups excluding carboxylic acids is 3. The van der Waals surface area contributed by atoms with Crippen LogP contribution in [0.3, 0.4) is 0 Å². The van der Waals surface area contributed by atoms with Crippen LogP contribution in [0.15, 0.2) is 0 Å². The number of rotatable bonds is 20. The van der Waals surface area contributed by atoms with Gasteiger partial charge in [-0.3, -0.25) is 14.4 Å². The van der Waals surface area contributed by atoms with Gasteiger partial charge in [0, 0.05) is 29.8 Å². The molecule has 2 radical (unpaired) electrons. The highest BCUT2D eigenvalue weighted by Crippen LogP contribution is 2.29. The van der Waals surface area contributed by atoms with Gasteiger partial charge in [0.05, 0.1) is 12.6 Å².